The van der Waals surface area contributed by atoms with Crippen molar-refractivity contribution < 1.29 is 18.0 Å². The number of ketones is 1. The first kappa shape index (κ1) is 12.0. The van der Waals surface area contributed by atoms with E-state index >= 15 is 0 Å². The lowest BCUT2D eigenvalue weighted by molar-refractivity contribution is -0.137. The molecule has 6 heteroatoms. The third-order valence-corrected chi connectivity index (χ3v) is 2.03. The SMILES string of the molecule is CC(=O)c1ccc(C#N)c(C(F)(F)F)c1N. The molecular formula is C10H7F3N2O. The quantitative estimate of drug-likeness (QED) is 0.592. The Morgan fingerprint density at radius 2 is 2.00 bits per heavy atom. The molecule has 84 valence electrons. The van der Waals surface area contributed by atoms with Gasteiger partial charge >= 0.3 is 6.18 Å². The molecule has 16 heavy (non-hydrogen) atoms. The Morgan fingerprint density at radius 1 is 1.44 bits per heavy atom. The van der Waals surface area contributed by atoms with Gasteiger partial charge in [-0.05, 0) is 19.1 Å². The summed E-state index contributed by atoms with van der Waals surface area (Å²) >= 11 is 0. The van der Waals surface area contributed by atoms with E-state index in [2.05, 4.69) is 0 Å². The van der Waals surface area contributed by atoms with E-state index in [1.807, 2.05) is 0 Å². The van der Waals surface area contributed by atoms with Crippen LogP contribution in [0.25, 0.3) is 0 Å². The van der Waals surface area contributed by atoms with Gasteiger partial charge in [-0.2, -0.15) is 18.4 Å². The van der Waals surface area contributed by atoms with Gasteiger partial charge in [-0.25, -0.2) is 0 Å². The highest BCUT2D eigenvalue weighted by Crippen LogP contribution is 2.37. The lowest BCUT2D eigenvalue weighted by atomic mass is 9.99. The Kier molecular flexibility index (Phi) is 2.90. The minimum atomic E-state index is -4.75. The second-order valence-electron chi connectivity index (χ2n) is 3.12. The molecule has 0 saturated carbocycles. The molecule has 0 bridgehead atoms. The number of nitriles is 1. The van der Waals surface area contributed by atoms with E-state index in [1.54, 1.807) is 0 Å². The zero-order valence-corrected chi connectivity index (χ0v) is 8.22. The smallest absolute Gasteiger partial charge is 0.398 e. The van der Waals surface area contributed by atoms with Crippen LogP contribution in [0.4, 0.5) is 18.9 Å². The van der Waals surface area contributed by atoms with E-state index < -0.39 is 28.8 Å². The number of benzene rings is 1. The molecule has 0 amide bonds. The molecule has 1 aromatic carbocycles. The number of Topliss-reactive ketones (excluding diaryl/α,β-unsaturated/α-hetero) is 1. The van der Waals surface area contributed by atoms with Crippen LogP contribution in [0.5, 0.6) is 0 Å². The first-order chi connectivity index (χ1) is 7.29. The maximum atomic E-state index is 12.6. The Labute approximate surface area is 89.3 Å². The molecule has 0 saturated heterocycles. The third-order valence-electron chi connectivity index (χ3n) is 2.03. The highest BCUT2D eigenvalue weighted by Gasteiger charge is 2.37. The summed E-state index contributed by atoms with van der Waals surface area (Å²) in [5.41, 5.74) is 2.49. The van der Waals surface area contributed by atoms with Gasteiger partial charge in [0.25, 0.3) is 0 Å². The number of halogens is 3. The number of anilines is 1. The average Bonchev–Trinajstić information content (AvgIpc) is 2.14. The fourth-order valence-corrected chi connectivity index (χ4v) is 1.33. The molecule has 0 aromatic heterocycles. The standard InChI is InChI=1S/C10H7F3N2O/c1-5(16)7-3-2-6(4-14)8(9(7)15)10(11,12)13/h2-3H,15H2,1H3. The van der Waals surface area contributed by atoms with Gasteiger partial charge in [0.15, 0.2) is 5.78 Å². The summed E-state index contributed by atoms with van der Waals surface area (Å²) in [5, 5.41) is 8.55. The predicted octanol–water partition coefficient (Wildman–Crippen LogP) is 2.36. The molecule has 0 aliphatic rings. The van der Waals surface area contributed by atoms with Gasteiger partial charge in [0.1, 0.15) is 0 Å². The van der Waals surface area contributed by atoms with E-state index in [9.17, 15) is 18.0 Å². The van der Waals surface area contributed by atoms with Crippen LogP contribution in [0.15, 0.2) is 12.1 Å². The zero-order chi connectivity index (χ0) is 12.5. The lowest BCUT2D eigenvalue weighted by Gasteiger charge is -2.13. The van der Waals surface area contributed by atoms with Gasteiger partial charge in [0.2, 0.25) is 0 Å². The van der Waals surface area contributed by atoms with E-state index in [4.69, 9.17) is 11.0 Å². The van der Waals surface area contributed by atoms with Crippen LogP contribution in [-0.4, -0.2) is 5.78 Å². The lowest BCUT2D eigenvalue weighted by Crippen LogP contribution is -2.14. The van der Waals surface area contributed by atoms with Crippen molar-refractivity contribution in [2.24, 2.45) is 0 Å². The van der Waals surface area contributed by atoms with Crippen molar-refractivity contribution in [3.8, 4) is 6.07 Å². The van der Waals surface area contributed by atoms with Crippen LogP contribution >= 0.6 is 0 Å². The number of alkyl halides is 3. The second kappa shape index (κ2) is 3.85. The van der Waals surface area contributed by atoms with Gasteiger partial charge in [-0.3, -0.25) is 4.79 Å². The largest absolute Gasteiger partial charge is 0.419 e. The number of nitrogens with two attached hydrogens (primary N) is 1. The van der Waals surface area contributed by atoms with Gasteiger partial charge < -0.3 is 5.73 Å². The Hall–Kier alpha value is -2.03. The molecule has 1 rings (SSSR count). The maximum absolute atomic E-state index is 12.6. The van der Waals surface area contributed by atoms with Crippen LogP contribution in [-0.2, 0) is 6.18 Å². The third kappa shape index (κ3) is 1.98. The van der Waals surface area contributed by atoms with Crippen LogP contribution < -0.4 is 5.73 Å². The first-order valence-corrected chi connectivity index (χ1v) is 4.19. The van der Waals surface area contributed by atoms with E-state index in [0.29, 0.717) is 0 Å². The summed E-state index contributed by atoms with van der Waals surface area (Å²) in [6.45, 7) is 1.11. The Morgan fingerprint density at radius 3 is 2.38 bits per heavy atom. The van der Waals surface area contributed by atoms with Gasteiger partial charge in [0.05, 0.1) is 22.9 Å². The summed E-state index contributed by atoms with van der Waals surface area (Å²) in [6, 6.07) is 3.45. The average molecular weight is 228 g/mol. The van der Waals surface area contributed by atoms with Crippen molar-refractivity contribution in [3.63, 3.8) is 0 Å². The van der Waals surface area contributed by atoms with E-state index in [1.165, 1.54) is 6.07 Å². The van der Waals surface area contributed by atoms with Crippen LogP contribution in [0.2, 0.25) is 0 Å². The van der Waals surface area contributed by atoms with Gasteiger partial charge in [-0.15, -0.1) is 0 Å². The van der Waals surface area contributed by atoms with Crippen LogP contribution in [0.3, 0.4) is 0 Å². The van der Waals surface area contributed by atoms with Crippen molar-refractivity contribution >= 4 is 11.5 Å². The summed E-state index contributed by atoms with van der Waals surface area (Å²) in [4.78, 5) is 11.0. The number of nitrogens with zero attached hydrogens (tertiary/aromatic N) is 1. The molecule has 0 radical (unpaired) electrons. The van der Waals surface area contributed by atoms with Crippen LogP contribution in [0, 0.1) is 11.3 Å². The van der Waals surface area contributed by atoms with Crippen molar-refractivity contribution in [2.75, 3.05) is 5.73 Å². The minimum absolute atomic E-state index is 0.230. The fourth-order valence-electron chi connectivity index (χ4n) is 1.33. The zero-order valence-electron chi connectivity index (χ0n) is 8.22. The fraction of sp³-hybridized carbons (Fsp3) is 0.200. The molecular weight excluding hydrogens is 221 g/mol. The maximum Gasteiger partial charge on any atom is 0.419 e. The number of carbonyl (C=O) groups is 1. The van der Waals surface area contributed by atoms with Gasteiger partial charge in [0, 0.05) is 5.56 Å². The predicted molar refractivity (Wildman–Crippen MR) is 50.6 cm³/mol. The number of rotatable bonds is 1. The molecule has 0 spiro atoms. The molecule has 0 unspecified atom stereocenters. The van der Waals surface area contributed by atoms with Crippen molar-refractivity contribution in [3.05, 3.63) is 28.8 Å². The minimum Gasteiger partial charge on any atom is -0.398 e. The van der Waals surface area contributed by atoms with E-state index in [0.717, 1.165) is 19.1 Å². The van der Waals surface area contributed by atoms with Crippen LogP contribution in [0.1, 0.15) is 28.4 Å². The summed E-state index contributed by atoms with van der Waals surface area (Å²) in [6.07, 6.45) is -4.75. The number of nitrogen functional groups attached to an aromatic ring is 1. The summed E-state index contributed by atoms with van der Waals surface area (Å²) in [7, 11) is 0. The molecule has 1 aromatic rings. The van der Waals surface area contributed by atoms with Crippen molar-refractivity contribution in [1.82, 2.24) is 0 Å². The van der Waals surface area contributed by atoms with Crippen molar-refractivity contribution in [1.29, 1.82) is 5.26 Å². The van der Waals surface area contributed by atoms with E-state index in [-0.39, 0.29) is 5.56 Å². The topological polar surface area (TPSA) is 66.9 Å². The number of hydrogen-bond acceptors (Lipinski definition) is 3. The highest BCUT2D eigenvalue weighted by molar-refractivity contribution is 6.00. The number of hydrogen-bond donors (Lipinski definition) is 1. The Balaban J connectivity index is 3.62. The first-order valence-electron chi connectivity index (χ1n) is 4.19. The van der Waals surface area contributed by atoms with Crippen molar-refractivity contribution in [2.45, 2.75) is 13.1 Å². The molecule has 0 aliphatic carbocycles. The van der Waals surface area contributed by atoms with Gasteiger partial charge in [-0.1, -0.05) is 0 Å². The molecule has 0 fully saturated rings. The second-order valence-corrected chi connectivity index (χ2v) is 3.12. The summed E-state index contributed by atoms with van der Waals surface area (Å²) in [5.74, 6) is -0.576. The molecule has 3 nitrogen and oxygen atoms in total. The summed E-state index contributed by atoms with van der Waals surface area (Å²) < 4.78 is 37.8. The molecule has 0 atom stereocenters. The monoisotopic (exact) mass is 228 g/mol. The highest BCUT2D eigenvalue weighted by atomic mass is 19.4. The number of carbonyl (C=O) groups excluding carboxylic acids is 1. The molecule has 0 aliphatic heterocycles. The molecule has 0 heterocycles. The molecule has 2 N–H and O–H groups in total. The Bertz CT molecular complexity index is 486. The normalized spacial score (nSPS) is 10.9.